The van der Waals surface area contributed by atoms with Crippen molar-refractivity contribution in [2.45, 2.75) is 25.8 Å². The fourth-order valence-electron chi connectivity index (χ4n) is 3.02. The lowest BCUT2D eigenvalue weighted by Crippen LogP contribution is -2.51. The summed E-state index contributed by atoms with van der Waals surface area (Å²) >= 11 is 0. The van der Waals surface area contributed by atoms with Crippen LogP contribution in [0.1, 0.15) is 19.0 Å². The topological polar surface area (TPSA) is 78.4 Å². The monoisotopic (exact) mass is 300 g/mol. The molecule has 22 heavy (non-hydrogen) atoms. The standard InChI is InChI=1S/C15H20N6O/c1-3-12-9-17-6-7-20(12)13-8-14(22)19(2)21-10-11(4-5-16)18-15(13)21/h8,10,12,17H,3-4,6-7,9H2,1-2H3. The number of piperazine rings is 1. The Morgan fingerprint density at radius 2 is 2.36 bits per heavy atom. The van der Waals surface area contributed by atoms with E-state index < -0.39 is 0 Å². The second-order valence-corrected chi connectivity index (χ2v) is 5.59. The zero-order chi connectivity index (χ0) is 15.7. The van der Waals surface area contributed by atoms with Crippen molar-refractivity contribution < 1.29 is 0 Å². The van der Waals surface area contributed by atoms with Gasteiger partial charge in [-0.15, -0.1) is 0 Å². The van der Waals surface area contributed by atoms with E-state index in [0.717, 1.165) is 37.4 Å². The molecule has 1 saturated heterocycles. The molecule has 3 heterocycles. The SMILES string of the molecule is CCC1CNCCN1c1cc(=O)n(C)n2cc(CC#N)nc12. The van der Waals surface area contributed by atoms with Gasteiger partial charge in [-0.2, -0.15) is 5.26 Å². The number of nitriles is 1. The lowest BCUT2D eigenvalue weighted by molar-refractivity contribution is 0.465. The Hall–Kier alpha value is -2.33. The molecule has 7 heteroatoms. The molecular formula is C15H20N6O. The number of nitrogens with one attached hydrogen (secondary N) is 1. The first-order valence-corrected chi connectivity index (χ1v) is 7.58. The molecule has 1 aliphatic rings. The van der Waals surface area contributed by atoms with Gasteiger partial charge in [-0.05, 0) is 6.42 Å². The minimum atomic E-state index is -0.0724. The van der Waals surface area contributed by atoms with Gasteiger partial charge in [0.2, 0.25) is 0 Å². The van der Waals surface area contributed by atoms with Crippen LogP contribution in [0.3, 0.4) is 0 Å². The van der Waals surface area contributed by atoms with E-state index in [4.69, 9.17) is 5.26 Å². The Morgan fingerprint density at radius 3 is 3.09 bits per heavy atom. The summed E-state index contributed by atoms with van der Waals surface area (Å²) in [6, 6.07) is 4.12. The number of aryl methyl sites for hydroxylation is 1. The highest BCUT2D eigenvalue weighted by atomic mass is 16.1. The molecule has 1 atom stereocenters. The molecule has 0 spiro atoms. The van der Waals surface area contributed by atoms with Crippen LogP contribution in [0.2, 0.25) is 0 Å². The Balaban J connectivity index is 2.18. The average Bonchev–Trinajstić information content (AvgIpc) is 2.95. The fourth-order valence-corrected chi connectivity index (χ4v) is 3.02. The Labute approximate surface area is 128 Å². The maximum absolute atomic E-state index is 12.3. The van der Waals surface area contributed by atoms with Crippen LogP contribution in [-0.2, 0) is 13.5 Å². The minimum Gasteiger partial charge on any atom is -0.363 e. The van der Waals surface area contributed by atoms with Crippen molar-refractivity contribution in [1.29, 1.82) is 5.26 Å². The van der Waals surface area contributed by atoms with Crippen LogP contribution in [0.5, 0.6) is 0 Å². The first-order valence-electron chi connectivity index (χ1n) is 7.58. The number of hydrogen-bond donors (Lipinski definition) is 1. The third-order valence-corrected chi connectivity index (χ3v) is 4.26. The van der Waals surface area contributed by atoms with Gasteiger partial charge in [0, 0.05) is 38.8 Å². The summed E-state index contributed by atoms with van der Waals surface area (Å²) in [5.74, 6) is 0. The molecule has 1 N–H and O–H groups in total. The molecule has 2 aromatic heterocycles. The van der Waals surface area contributed by atoms with Gasteiger partial charge in [0.05, 0.1) is 30.1 Å². The third kappa shape index (κ3) is 2.35. The summed E-state index contributed by atoms with van der Waals surface area (Å²) in [5, 5.41) is 12.3. The summed E-state index contributed by atoms with van der Waals surface area (Å²) in [7, 11) is 1.71. The van der Waals surface area contributed by atoms with Crippen LogP contribution in [-0.4, -0.2) is 39.9 Å². The average molecular weight is 300 g/mol. The maximum Gasteiger partial charge on any atom is 0.267 e. The smallest absolute Gasteiger partial charge is 0.267 e. The molecule has 7 nitrogen and oxygen atoms in total. The van der Waals surface area contributed by atoms with Crippen molar-refractivity contribution in [3.05, 3.63) is 28.3 Å². The number of imidazole rings is 1. The normalized spacial score (nSPS) is 18.6. The van der Waals surface area contributed by atoms with E-state index >= 15 is 0 Å². The van der Waals surface area contributed by atoms with Gasteiger partial charge in [-0.1, -0.05) is 6.92 Å². The summed E-state index contributed by atoms with van der Waals surface area (Å²) in [6.45, 7) is 4.80. The van der Waals surface area contributed by atoms with Gasteiger partial charge in [0.1, 0.15) is 0 Å². The quantitative estimate of drug-likeness (QED) is 0.881. The number of hydrogen-bond acceptors (Lipinski definition) is 5. The summed E-state index contributed by atoms with van der Waals surface area (Å²) in [6.07, 6.45) is 3.01. The van der Waals surface area contributed by atoms with Crippen molar-refractivity contribution in [1.82, 2.24) is 19.5 Å². The van der Waals surface area contributed by atoms with Crippen molar-refractivity contribution >= 4 is 11.3 Å². The van der Waals surface area contributed by atoms with Crippen LogP contribution in [0.4, 0.5) is 5.69 Å². The largest absolute Gasteiger partial charge is 0.363 e. The van der Waals surface area contributed by atoms with E-state index in [2.05, 4.69) is 28.2 Å². The molecule has 0 amide bonds. The van der Waals surface area contributed by atoms with E-state index in [-0.39, 0.29) is 12.0 Å². The minimum absolute atomic E-state index is 0.0724. The predicted octanol–water partition coefficient (Wildman–Crippen LogP) is 0.287. The third-order valence-electron chi connectivity index (χ3n) is 4.26. The Bertz CT molecular complexity index is 784. The van der Waals surface area contributed by atoms with E-state index in [1.807, 2.05) is 0 Å². The molecule has 1 fully saturated rings. The molecule has 0 bridgehead atoms. The molecule has 2 aromatic rings. The van der Waals surface area contributed by atoms with Crippen molar-refractivity contribution in [3.8, 4) is 6.07 Å². The van der Waals surface area contributed by atoms with Crippen molar-refractivity contribution in [3.63, 3.8) is 0 Å². The molecule has 116 valence electrons. The van der Waals surface area contributed by atoms with Gasteiger partial charge in [-0.25, -0.2) is 14.2 Å². The zero-order valence-electron chi connectivity index (χ0n) is 12.9. The van der Waals surface area contributed by atoms with Gasteiger partial charge >= 0.3 is 0 Å². The summed E-state index contributed by atoms with van der Waals surface area (Å²) in [5.41, 5.74) is 2.22. The molecular weight excluding hydrogens is 280 g/mol. The Kier molecular flexibility index (Phi) is 3.86. The number of rotatable bonds is 3. The van der Waals surface area contributed by atoms with Crippen LogP contribution >= 0.6 is 0 Å². The Morgan fingerprint density at radius 1 is 1.55 bits per heavy atom. The van der Waals surface area contributed by atoms with Gasteiger partial charge in [0.25, 0.3) is 5.56 Å². The molecule has 0 aromatic carbocycles. The number of fused-ring (bicyclic) bond motifs is 1. The van der Waals surface area contributed by atoms with Gasteiger partial charge in [0.15, 0.2) is 5.65 Å². The zero-order valence-corrected chi connectivity index (χ0v) is 12.9. The number of aromatic nitrogens is 3. The summed E-state index contributed by atoms with van der Waals surface area (Å²) < 4.78 is 3.27. The van der Waals surface area contributed by atoms with Gasteiger partial charge < -0.3 is 10.2 Å². The van der Waals surface area contributed by atoms with Crippen molar-refractivity contribution in [2.75, 3.05) is 24.5 Å². The highest BCUT2D eigenvalue weighted by molar-refractivity contribution is 5.69. The molecule has 1 aliphatic heterocycles. The first-order chi connectivity index (χ1) is 10.7. The van der Waals surface area contributed by atoms with Crippen LogP contribution in [0.15, 0.2) is 17.1 Å². The molecule has 3 rings (SSSR count). The molecule has 0 saturated carbocycles. The first kappa shape index (κ1) is 14.6. The fraction of sp³-hybridized carbons (Fsp3) is 0.533. The molecule has 1 unspecified atom stereocenters. The van der Waals surface area contributed by atoms with Crippen molar-refractivity contribution in [2.24, 2.45) is 7.05 Å². The molecule has 0 radical (unpaired) electrons. The second-order valence-electron chi connectivity index (χ2n) is 5.59. The van der Waals surface area contributed by atoms with Gasteiger partial charge in [-0.3, -0.25) is 4.79 Å². The number of nitrogens with zero attached hydrogens (tertiary/aromatic N) is 5. The van der Waals surface area contributed by atoms with E-state index in [0.29, 0.717) is 11.7 Å². The highest BCUT2D eigenvalue weighted by Crippen LogP contribution is 2.23. The lowest BCUT2D eigenvalue weighted by atomic mass is 10.1. The van der Waals surface area contributed by atoms with Crippen LogP contribution in [0.25, 0.3) is 5.65 Å². The summed E-state index contributed by atoms with van der Waals surface area (Å²) in [4.78, 5) is 19.1. The predicted molar refractivity (Wildman–Crippen MR) is 84.0 cm³/mol. The molecule has 0 aliphatic carbocycles. The lowest BCUT2D eigenvalue weighted by Gasteiger charge is -2.37. The van der Waals surface area contributed by atoms with E-state index in [1.54, 1.807) is 23.8 Å². The van der Waals surface area contributed by atoms with E-state index in [9.17, 15) is 4.79 Å². The van der Waals surface area contributed by atoms with E-state index in [1.165, 1.54) is 4.68 Å². The highest BCUT2D eigenvalue weighted by Gasteiger charge is 2.24. The second kappa shape index (κ2) is 5.81. The maximum atomic E-state index is 12.3. The van der Waals surface area contributed by atoms with Crippen LogP contribution in [0, 0.1) is 11.3 Å². The van der Waals surface area contributed by atoms with Crippen LogP contribution < -0.4 is 15.8 Å². The number of anilines is 1.